The lowest BCUT2D eigenvalue weighted by Crippen LogP contribution is -2.49. The molecule has 0 saturated carbocycles. The van der Waals surface area contributed by atoms with Gasteiger partial charge in [0.2, 0.25) is 0 Å². The fourth-order valence-corrected chi connectivity index (χ4v) is 4.40. The summed E-state index contributed by atoms with van der Waals surface area (Å²) in [7, 11) is 0. The van der Waals surface area contributed by atoms with E-state index in [2.05, 4.69) is 36.4 Å². The minimum atomic E-state index is -0.286. The van der Waals surface area contributed by atoms with Gasteiger partial charge in [0, 0.05) is 5.92 Å². The predicted octanol–water partition coefficient (Wildman–Crippen LogP) is 3.81. The summed E-state index contributed by atoms with van der Waals surface area (Å²) >= 11 is 0. The second-order valence-corrected chi connectivity index (χ2v) is 10.1. The summed E-state index contributed by atoms with van der Waals surface area (Å²) in [4.78, 5) is 0. The summed E-state index contributed by atoms with van der Waals surface area (Å²) < 4.78 is 33.4. The van der Waals surface area contributed by atoms with Gasteiger partial charge in [-0.15, -0.1) is 0 Å². The van der Waals surface area contributed by atoms with Gasteiger partial charge in [-0.05, 0) is 53.1 Å². The smallest absolute Gasteiger partial charge is 0.119 e. The average molecular weight is 505 g/mol. The maximum atomic E-state index is 9.66. The molecule has 0 aromatic heterocycles. The number of aliphatic hydroxyl groups excluding tert-OH is 1. The molecule has 3 saturated heterocycles. The minimum Gasteiger partial charge on any atom is -0.493 e. The van der Waals surface area contributed by atoms with E-state index in [1.54, 1.807) is 0 Å². The Morgan fingerprint density at radius 1 is 0.676 bits per heavy atom. The number of hydrogen-bond donors (Lipinski definition) is 1. The summed E-state index contributed by atoms with van der Waals surface area (Å²) in [5, 5.41) is 9.66. The Labute approximate surface area is 216 Å². The van der Waals surface area contributed by atoms with E-state index in [0.29, 0.717) is 33.0 Å². The first-order valence-electron chi connectivity index (χ1n) is 12.8. The molecular formula is C30H32O7. The molecule has 6 rings (SSSR count). The quantitative estimate of drug-likeness (QED) is 0.280. The first-order valence-corrected chi connectivity index (χ1v) is 12.8. The first-order chi connectivity index (χ1) is 18.2. The van der Waals surface area contributed by atoms with Crippen LogP contribution in [-0.2, 0) is 14.2 Å². The molecule has 3 aromatic rings. The monoisotopic (exact) mass is 504 g/mol. The lowest BCUT2D eigenvalue weighted by atomic mass is 9.85. The third-order valence-corrected chi connectivity index (χ3v) is 7.01. The van der Waals surface area contributed by atoms with Crippen LogP contribution in [0.25, 0.3) is 0 Å². The Balaban J connectivity index is 1.20. The largest absolute Gasteiger partial charge is 0.493 e. The van der Waals surface area contributed by atoms with Crippen LogP contribution in [0.2, 0.25) is 0 Å². The lowest BCUT2D eigenvalue weighted by molar-refractivity contribution is -0.153. The molecule has 37 heavy (non-hydrogen) atoms. The molecule has 3 heterocycles. The molecule has 3 aromatic carbocycles. The molecular weight excluding hydrogens is 472 g/mol. The van der Waals surface area contributed by atoms with E-state index in [9.17, 15) is 5.11 Å². The first kappa shape index (κ1) is 24.2. The van der Waals surface area contributed by atoms with Gasteiger partial charge in [-0.25, -0.2) is 0 Å². The highest BCUT2D eigenvalue weighted by Gasteiger charge is 2.39. The van der Waals surface area contributed by atoms with E-state index in [1.807, 2.05) is 36.4 Å². The zero-order valence-electron chi connectivity index (χ0n) is 20.7. The normalized spacial score (nSPS) is 22.0. The van der Waals surface area contributed by atoms with Gasteiger partial charge in [-0.1, -0.05) is 36.4 Å². The molecule has 0 bridgehead atoms. The van der Waals surface area contributed by atoms with Gasteiger partial charge in [0.25, 0.3) is 0 Å². The minimum absolute atomic E-state index is 0.0273. The summed E-state index contributed by atoms with van der Waals surface area (Å²) in [6.07, 6.45) is 0.453. The second-order valence-electron chi connectivity index (χ2n) is 10.1. The van der Waals surface area contributed by atoms with Crippen molar-refractivity contribution in [1.29, 1.82) is 0 Å². The molecule has 0 spiro atoms. The van der Waals surface area contributed by atoms with Gasteiger partial charge >= 0.3 is 0 Å². The molecule has 3 fully saturated rings. The van der Waals surface area contributed by atoms with Crippen LogP contribution in [0.5, 0.6) is 17.2 Å². The van der Waals surface area contributed by atoms with Crippen molar-refractivity contribution in [2.75, 3.05) is 52.9 Å². The third kappa shape index (κ3) is 6.08. The molecule has 1 N–H and O–H groups in total. The molecule has 3 aliphatic heterocycles. The van der Waals surface area contributed by atoms with Gasteiger partial charge in [-0.2, -0.15) is 0 Å². The fourth-order valence-electron chi connectivity index (χ4n) is 4.40. The van der Waals surface area contributed by atoms with Crippen molar-refractivity contribution in [3.8, 4) is 17.2 Å². The molecule has 7 nitrogen and oxygen atoms in total. The Bertz CT molecular complexity index is 1080. The van der Waals surface area contributed by atoms with Gasteiger partial charge in [0.15, 0.2) is 0 Å². The number of aliphatic hydroxyl groups is 1. The maximum absolute atomic E-state index is 9.66. The third-order valence-electron chi connectivity index (χ3n) is 7.01. The Morgan fingerprint density at radius 2 is 1.08 bits per heavy atom. The zero-order valence-corrected chi connectivity index (χ0v) is 20.7. The molecule has 194 valence electrons. The van der Waals surface area contributed by atoms with Crippen molar-refractivity contribution < 1.29 is 33.5 Å². The van der Waals surface area contributed by atoms with Crippen LogP contribution >= 0.6 is 0 Å². The van der Waals surface area contributed by atoms with Crippen LogP contribution in [0.15, 0.2) is 72.8 Å². The highest BCUT2D eigenvalue weighted by molar-refractivity contribution is 5.46. The van der Waals surface area contributed by atoms with E-state index in [-0.39, 0.29) is 30.1 Å². The summed E-state index contributed by atoms with van der Waals surface area (Å²) in [5.74, 6) is 2.48. The molecule has 3 aliphatic rings. The van der Waals surface area contributed by atoms with Crippen LogP contribution in [0.4, 0.5) is 0 Å². The van der Waals surface area contributed by atoms with Crippen LogP contribution in [-0.4, -0.2) is 70.2 Å². The summed E-state index contributed by atoms with van der Waals surface area (Å²) in [6, 6.07) is 24.7. The van der Waals surface area contributed by atoms with Crippen molar-refractivity contribution in [2.45, 2.75) is 18.1 Å². The molecule has 0 amide bonds. The Hall–Kier alpha value is -3.10. The van der Waals surface area contributed by atoms with Gasteiger partial charge in [0.05, 0.1) is 38.4 Å². The standard InChI is InChI=1S/C30H32O7/c31-17-30(18-32-19-30)20-37-26-11-5-23(6-12-26)29(21-1-7-24(8-2-21)33-13-27-15-35-27)22-3-9-25(10-4-22)34-14-28-16-36-28/h1-12,27-29,31H,13-20H2. The van der Waals surface area contributed by atoms with Crippen molar-refractivity contribution in [3.05, 3.63) is 89.5 Å². The van der Waals surface area contributed by atoms with E-state index in [0.717, 1.165) is 47.2 Å². The van der Waals surface area contributed by atoms with E-state index in [4.69, 9.17) is 28.4 Å². The lowest BCUT2D eigenvalue weighted by Gasteiger charge is -2.39. The SMILES string of the molecule is OCC1(COc2ccc(C(c3ccc(OCC4CO4)cc3)c3ccc(OCC4CO4)cc3)cc2)COC1. The number of hydrogen-bond acceptors (Lipinski definition) is 7. The molecule has 2 atom stereocenters. The molecule has 0 radical (unpaired) electrons. The average Bonchev–Trinajstić information content (AvgIpc) is 3.84. The van der Waals surface area contributed by atoms with Crippen LogP contribution in [0.3, 0.4) is 0 Å². The zero-order chi connectivity index (χ0) is 25.1. The Kier molecular flexibility index (Phi) is 7.02. The fraction of sp³-hybridized carbons (Fsp3) is 0.400. The summed E-state index contributed by atoms with van der Waals surface area (Å²) in [6.45, 7) is 4.29. The maximum Gasteiger partial charge on any atom is 0.119 e. The van der Waals surface area contributed by atoms with Gasteiger partial charge in [0.1, 0.15) is 49.3 Å². The van der Waals surface area contributed by atoms with Crippen molar-refractivity contribution >= 4 is 0 Å². The van der Waals surface area contributed by atoms with E-state index in [1.165, 1.54) is 0 Å². The van der Waals surface area contributed by atoms with Crippen molar-refractivity contribution in [1.82, 2.24) is 0 Å². The van der Waals surface area contributed by atoms with Gasteiger partial charge < -0.3 is 33.5 Å². The number of rotatable bonds is 13. The second kappa shape index (κ2) is 10.7. The van der Waals surface area contributed by atoms with E-state index >= 15 is 0 Å². The summed E-state index contributed by atoms with van der Waals surface area (Å²) in [5.41, 5.74) is 3.19. The van der Waals surface area contributed by atoms with Crippen molar-refractivity contribution in [2.24, 2.45) is 5.41 Å². The Morgan fingerprint density at radius 3 is 1.41 bits per heavy atom. The number of epoxide rings is 2. The highest BCUT2D eigenvalue weighted by Crippen LogP contribution is 2.35. The highest BCUT2D eigenvalue weighted by atomic mass is 16.6. The van der Waals surface area contributed by atoms with Gasteiger partial charge in [-0.3, -0.25) is 0 Å². The number of benzene rings is 3. The van der Waals surface area contributed by atoms with Crippen LogP contribution in [0, 0.1) is 5.41 Å². The predicted molar refractivity (Wildman–Crippen MR) is 137 cm³/mol. The molecule has 2 unspecified atom stereocenters. The van der Waals surface area contributed by atoms with E-state index < -0.39 is 0 Å². The molecule has 0 aliphatic carbocycles. The van der Waals surface area contributed by atoms with Crippen LogP contribution < -0.4 is 14.2 Å². The number of ether oxygens (including phenoxy) is 6. The van der Waals surface area contributed by atoms with Crippen LogP contribution in [0.1, 0.15) is 22.6 Å². The topological polar surface area (TPSA) is 82.2 Å². The van der Waals surface area contributed by atoms with Crippen molar-refractivity contribution in [3.63, 3.8) is 0 Å². The molecule has 7 heteroatoms.